The van der Waals surface area contributed by atoms with Crippen LogP contribution in [0.3, 0.4) is 0 Å². The van der Waals surface area contributed by atoms with Crippen LogP contribution in [-0.4, -0.2) is 154 Å². The Morgan fingerprint density at radius 2 is 0.756 bits per heavy atom. The van der Waals surface area contributed by atoms with Crippen LogP contribution in [-0.2, 0) is 150 Å². The highest BCUT2D eigenvalue weighted by Gasteiger charge is 2.46. The molecule has 1 unspecified atom stereocenters. The maximum atomic E-state index is 15.9. The number of ketones is 1. The molecule has 0 radical (unpaired) electrons. The largest absolute Gasteiger partial charge is 0.469 e. The molecular formula is C64H72N4O21S. The molecule has 1 atom stereocenters. The second-order valence-corrected chi connectivity index (χ2v) is 21.2. The van der Waals surface area contributed by atoms with E-state index < -0.39 is 103 Å². The summed E-state index contributed by atoms with van der Waals surface area (Å²) in [6, 6.07) is 17.5. The summed E-state index contributed by atoms with van der Waals surface area (Å²) < 4.78 is 52.4. The van der Waals surface area contributed by atoms with Crippen molar-refractivity contribution in [2.24, 2.45) is 4.99 Å². The molecule has 25 nitrogen and oxygen atoms in total. The molecule has 26 heteroatoms. The van der Waals surface area contributed by atoms with Gasteiger partial charge >= 0.3 is 59.7 Å². The van der Waals surface area contributed by atoms with E-state index in [0.29, 0.717) is 21.7 Å². The predicted octanol–water partition coefficient (Wildman–Crippen LogP) is 6.19. The SMILES string of the molecule is COC(=O)CCC1=C(CC(=O)OC)C(Cc2[nH]c(C(=O)OCc3ccccc3)c(CCC(=O)OC)c2CC(=O)OC)(Cc2[nH]c(C(=O)c3[nH]c(C(=O)OCc4ccccc4)c(CCC(=O)OC)c3CC(=O)OC)c(CCC(=O)OC)c2CC(=O)OC)N=C1SC. The molecule has 6 rings (SSSR count). The Morgan fingerprint density at radius 3 is 1.17 bits per heavy atom. The first-order chi connectivity index (χ1) is 43.2. The molecule has 0 saturated heterocycles. The van der Waals surface area contributed by atoms with Gasteiger partial charge in [-0.15, -0.1) is 11.8 Å². The molecule has 0 spiro atoms. The number of nitrogens with zero attached hydrogens (tertiary/aromatic N) is 1. The van der Waals surface area contributed by atoms with Crippen molar-refractivity contribution in [2.75, 3.05) is 63.1 Å². The Balaban J connectivity index is 1.71. The van der Waals surface area contributed by atoms with Crippen molar-refractivity contribution in [3.8, 4) is 0 Å². The first kappa shape index (κ1) is 69.5. The summed E-state index contributed by atoms with van der Waals surface area (Å²) in [5.41, 5.74) is -0.286. The third kappa shape index (κ3) is 17.6. The molecule has 0 saturated carbocycles. The fraction of sp³-hybridized carbons (Fsp3) is 0.406. The number of H-pyrrole nitrogens is 3. The van der Waals surface area contributed by atoms with Gasteiger partial charge in [-0.05, 0) is 87.6 Å². The molecule has 0 amide bonds. The molecule has 0 aliphatic carbocycles. The lowest BCUT2D eigenvalue weighted by atomic mass is 9.77. The van der Waals surface area contributed by atoms with Crippen LogP contribution in [0, 0.1) is 0 Å². The van der Waals surface area contributed by atoms with Crippen molar-refractivity contribution in [1.29, 1.82) is 0 Å². The van der Waals surface area contributed by atoms with Gasteiger partial charge < -0.3 is 62.3 Å². The van der Waals surface area contributed by atoms with Crippen molar-refractivity contribution < 1.29 is 100 Å². The Morgan fingerprint density at radius 1 is 0.411 bits per heavy atom. The number of rotatable bonds is 32. The van der Waals surface area contributed by atoms with Gasteiger partial charge in [0.2, 0.25) is 5.78 Å². The van der Waals surface area contributed by atoms with E-state index in [2.05, 4.69) is 15.0 Å². The van der Waals surface area contributed by atoms with Gasteiger partial charge in [-0.1, -0.05) is 60.7 Å². The molecule has 0 fully saturated rings. The van der Waals surface area contributed by atoms with E-state index in [1.807, 2.05) is 0 Å². The minimum absolute atomic E-state index is 0.0359. The molecule has 5 aromatic rings. The standard InChI is InChI=1S/C64H72N4O21S/c1-80-48(69)24-20-38-42(28-52(73)84-5)46(65-56(38)60(77)57-44(30-54(75)86-7)40(22-26-50(71)82-3)59(67-57)63(79)89-35-37-18-14-11-15-19-37)32-64(45(31-55(76)87-8)41(61(68-64)90-9)23-27-51(72)83-4)33-47-43(29-53(74)85-6)39(21-25-49(70)81-2)58(66-47)62(78)88-34-36-16-12-10-13-17-36/h10-19,65-67H,20-35H2,1-9H3. The van der Waals surface area contributed by atoms with Crippen LogP contribution in [0.4, 0.5) is 0 Å². The van der Waals surface area contributed by atoms with E-state index in [4.69, 9.17) is 52.4 Å². The third-order valence-electron chi connectivity index (χ3n) is 15.2. The molecule has 2 aromatic carbocycles. The molecule has 3 aromatic heterocycles. The molecular weight excluding hydrogens is 1190 g/mol. The summed E-state index contributed by atoms with van der Waals surface area (Å²) in [7, 11) is 9.29. The maximum absolute atomic E-state index is 15.9. The zero-order valence-corrected chi connectivity index (χ0v) is 52.3. The van der Waals surface area contributed by atoms with Crippen molar-refractivity contribution in [1.82, 2.24) is 15.0 Å². The topological polar surface area (TPSA) is 340 Å². The average Bonchev–Trinajstić information content (AvgIpc) is 1.59. The van der Waals surface area contributed by atoms with Crippen LogP contribution < -0.4 is 0 Å². The van der Waals surface area contributed by atoms with Crippen LogP contribution in [0.25, 0.3) is 0 Å². The van der Waals surface area contributed by atoms with Crippen molar-refractivity contribution in [3.63, 3.8) is 0 Å². The number of hydrogen-bond donors (Lipinski definition) is 3. The van der Waals surface area contributed by atoms with E-state index in [-0.39, 0.29) is 144 Å². The zero-order chi connectivity index (χ0) is 65.7. The van der Waals surface area contributed by atoms with Gasteiger partial charge in [-0.25, -0.2) is 9.59 Å². The first-order valence-corrected chi connectivity index (χ1v) is 29.5. The number of carbonyl (C=O) groups is 11. The second kappa shape index (κ2) is 33.1. The quantitative estimate of drug-likeness (QED) is 0.0245. The number of aromatic amines is 3. The van der Waals surface area contributed by atoms with Crippen molar-refractivity contribution >= 4 is 82.3 Å². The summed E-state index contributed by atoms with van der Waals surface area (Å²) >= 11 is 1.16. The minimum Gasteiger partial charge on any atom is -0.469 e. The minimum atomic E-state index is -1.81. The van der Waals surface area contributed by atoms with Crippen LogP contribution in [0.2, 0.25) is 0 Å². The lowest BCUT2D eigenvalue weighted by Gasteiger charge is -2.31. The highest BCUT2D eigenvalue weighted by atomic mass is 32.2. The predicted molar refractivity (Wildman–Crippen MR) is 321 cm³/mol. The van der Waals surface area contributed by atoms with E-state index in [0.717, 1.165) is 47.3 Å². The molecule has 480 valence electrons. The van der Waals surface area contributed by atoms with Crippen molar-refractivity contribution in [2.45, 2.75) is 109 Å². The number of methoxy groups -OCH3 is 8. The van der Waals surface area contributed by atoms with Gasteiger partial charge in [-0.2, -0.15) is 0 Å². The number of nitrogens with one attached hydrogen (secondary N) is 3. The zero-order valence-electron chi connectivity index (χ0n) is 51.5. The van der Waals surface area contributed by atoms with Crippen LogP contribution >= 0.6 is 11.8 Å². The Kier molecular flexibility index (Phi) is 25.6. The van der Waals surface area contributed by atoms with E-state index in [1.165, 1.54) is 21.3 Å². The van der Waals surface area contributed by atoms with Crippen molar-refractivity contribution in [3.05, 3.63) is 150 Å². The number of ether oxygens (including phenoxy) is 10. The van der Waals surface area contributed by atoms with Gasteiger partial charge in [0.15, 0.2) is 0 Å². The van der Waals surface area contributed by atoms with Gasteiger partial charge in [0.25, 0.3) is 0 Å². The van der Waals surface area contributed by atoms with Crippen LogP contribution in [0.5, 0.6) is 0 Å². The van der Waals surface area contributed by atoms with E-state index in [1.54, 1.807) is 66.9 Å². The van der Waals surface area contributed by atoms with Gasteiger partial charge in [0.05, 0.1) is 105 Å². The number of benzene rings is 2. The summed E-state index contributed by atoms with van der Waals surface area (Å²) in [4.78, 5) is 166. The van der Waals surface area contributed by atoms with Crippen LogP contribution in [0.1, 0.15) is 132 Å². The second-order valence-electron chi connectivity index (χ2n) is 20.4. The summed E-state index contributed by atoms with van der Waals surface area (Å²) in [5, 5.41) is 0.320. The summed E-state index contributed by atoms with van der Waals surface area (Å²) in [6.45, 7) is -0.409. The van der Waals surface area contributed by atoms with Gasteiger partial charge in [-0.3, -0.25) is 48.1 Å². The molecule has 0 bridgehead atoms. The van der Waals surface area contributed by atoms with Gasteiger partial charge in [0, 0.05) is 49.9 Å². The number of esters is 10. The molecule has 90 heavy (non-hydrogen) atoms. The van der Waals surface area contributed by atoms with Gasteiger partial charge in [0.1, 0.15) is 24.6 Å². The van der Waals surface area contributed by atoms with E-state index >= 15 is 4.79 Å². The maximum Gasteiger partial charge on any atom is 0.355 e. The lowest BCUT2D eigenvalue weighted by Crippen LogP contribution is -2.36. The lowest BCUT2D eigenvalue weighted by molar-refractivity contribution is -0.141. The molecule has 3 N–H and O–H groups in total. The fourth-order valence-corrected chi connectivity index (χ4v) is 11.3. The third-order valence-corrected chi connectivity index (χ3v) is 15.9. The highest BCUT2D eigenvalue weighted by molar-refractivity contribution is 8.13. The number of thioether (sulfide) groups is 1. The number of aliphatic imine (C=N–C) groups is 1. The monoisotopic (exact) mass is 1260 g/mol. The number of aromatic nitrogens is 3. The fourth-order valence-electron chi connectivity index (χ4n) is 10.6. The van der Waals surface area contributed by atoms with E-state index in [9.17, 15) is 47.9 Å². The molecule has 1 aliphatic heterocycles. The normalized spacial score (nSPS) is 13.4. The Labute approximate surface area is 522 Å². The molecule has 4 heterocycles. The Hall–Kier alpha value is -9.59. The average molecular weight is 1270 g/mol. The smallest absolute Gasteiger partial charge is 0.355 e. The highest BCUT2D eigenvalue weighted by Crippen LogP contribution is 2.46. The Bertz CT molecular complexity index is 3560. The number of hydrogen-bond acceptors (Lipinski definition) is 23. The summed E-state index contributed by atoms with van der Waals surface area (Å²) in [5.74, 6) is -8.69. The number of carbonyl (C=O) groups excluding carboxylic acids is 11. The van der Waals surface area contributed by atoms with Crippen LogP contribution in [0.15, 0.2) is 76.8 Å². The first-order valence-electron chi connectivity index (χ1n) is 28.3. The molecule has 1 aliphatic rings. The summed E-state index contributed by atoms with van der Waals surface area (Å²) in [6.07, 6.45) is -3.24.